The Labute approximate surface area is 170 Å². The number of fused-ring (bicyclic) bond motifs is 1. The smallest absolute Gasteiger partial charge is 0.193 e. The summed E-state index contributed by atoms with van der Waals surface area (Å²) in [5.74, 6) is 2.78. The van der Waals surface area contributed by atoms with Crippen molar-refractivity contribution in [1.82, 2.24) is 0 Å². The van der Waals surface area contributed by atoms with Gasteiger partial charge in [-0.25, -0.2) is 4.99 Å². The molecule has 2 aromatic rings. The number of hydrogen-bond acceptors (Lipinski definition) is 4. The van der Waals surface area contributed by atoms with Crippen LogP contribution in [0.5, 0.6) is 17.2 Å². The van der Waals surface area contributed by atoms with Gasteiger partial charge in [0.2, 0.25) is 0 Å². The van der Waals surface area contributed by atoms with E-state index in [4.69, 9.17) is 19.9 Å². The zero-order valence-corrected chi connectivity index (χ0v) is 17.4. The first-order valence-corrected chi connectivity index (χ1v) is 8.16. The molecule has 6 nitrogen and oxygen atoms in total. The fraction of sp³-hybridized carbons (Fsp3) is 0.316. The van der Waals surface area contributed by atoms with Crippen molar-refractivity contribution in [3.05, 3.63) is 47.5 Å². The van der Waals surface area contributed by atoms with Gasteiger partial charge < -0.3 is 25.3 Å². The maximum absolute atomic E-state index is 6.00. The molecule has 3 rings (SSSR count). The third kappa shape index (κ3) is 4.72. The van der Waals surface area contributed by atoms with E-state index in [0.29, 0.717) is 12.5 Å². The standard InChI is InChI=1S/C19H23N3O3.HI/c1-12-7-13-8-17(24-3)14(9-18(13)25-12)11-21-19(20)22-15-5-4-6-16(10-15)23-2;/h4-6,8-10,12H,7,11H2,1-3H3,(H3,20,21,22);1H. The molecule has 0 radical (unpaired) electrons. The van der Waals surface area contributed by atoms with Crippen molar-refractivity contribution in [3.8, 4) is 17.2 Å². The molecule has 7 heteroatoms. The molecule has 3 N–H and O–H groups in total. The summed E-state index contributed by atoms with van der Waals surface area (Å²) in [5.41, 5.74) is 8.92. The van der Waals surface area contributed by atoms with Crippen molar-refractivity contribution >= 4 is 35.6 Å². The number of guanidine groups is 1. The van der Waals surface area contributed by atoms with Crippen molar-refractivity contribution in [2.24, 2.45) is 10.7 Å². The second kappa shape index (κ2) is 8.98. The summed E-state index contributed by atoms with van der Waals surface area (Å²) in [7, 11) is 3.28. The van der Waals surface area contributed by atoms with Gasteiger partial charge in [0.15, 0.2) is 5.96 Å². The van der Waals surface area contributed by atoms with E-state index in [1.165, 1.54) is 5.56 Å². The van der Waals surface area contributed by atoms with Gasteiger partial charge in [-0.2, -0.15) is 0 Å². The molecule has 2 aromatic carbocycles. The SMILES string of the molecule is COc1cccc(NC(N)=NCc2cc3c(cc2OC)CC(C)O3)c1.I. The largest absolute Gasteiger partial charge is 0.497 e. The van der Waals surface area contributed by atoms with Crippen LogP contribution >= 0.6 is 24.0 Å². The minimum absolute atomic E-state index is 0. The Morgan fingerprint density at radius 3 is 2.81 bits per heavy atom. The van der Waals surface area contributed by atoms with Gasteiger partial charge in [-0.05, 0) is 31.2 Å². The third-order valence-electron chi connectivity index (χ3n) is 4.06. The molecule has 26 heavy (non-hydrogen) atoms. The summed E-state index contributed by atoms with van der Waals surface area (Å²) in [4.78, 5) is 4.41. The van der Waals surface area contributed by atoms with Crippen molar-refractivity contribution in [2.45, 2.75) is 26.0 Å². The number of hydrogen-bond donors (Lipinski definition) is 2. The van der Waals surface area contributed by atoms with Crippen LogP contribution in [0.4, 0.5) is 5.69 Å². The van der Waals surface area contributed by atoms with Crippen LogP contribution in [0.3, 0.4) is 0 Å². The van der Waals surface area contributed by atoms with Crippen LogP contribution in [0.2, 0.25) is 0 Å². The topological polar surface area (TPSA) is 78.1 Å². The summed E-state index contributed by atoms with van der Waals surface area (Å²) in [6, 6.07) is 11.5. The first-order chi connectivity index (χ1) is 12.1. The quantitative estimate of drug-likeness (QED) is 0.398. The van der Waals surface area contributed by atoms with Crippen LogP contribution in [0.15, 0.2) is 41.4 Å². The van der Waals surface area contributed by atoms with E-state index >= 15 is 0 Å². The number of aliphatic imine (C=N–C) groups is 1. The van der Waals surface area contributed by atoms with Crippen LogP contribution in [-0.2, 0) is 13.0 Å². The lowest BCUT2D eigenvalue weighted by Crippen LogP contribution is -2.22. The number of anilines is 1. The molecule has 140 valence electrons. The number of nitrogens with two attached hydrogens (primary N) is 1. The Hall–Kier alpha value is -2.16. The summed E-state index contributed by atoms with van der Waals surface area (Å²) < 4.78 is 16.5. The molecule has 0 saturated heterocycles. The first-order valence-electron chi connectivity index (χ1n) is 8.16. The minimum Gasteiger partial charge on any atom is -0.497 e. The summed E-state index contributed by atoms with van der Waals surface area (Å²) in [6.45, 7) is 2.46. The maximum atomic E-state index is 6.00. The molecule has 1 atom stereocenters. The molecule has 0 aromatic heterocycles. The zero-order valence-electron chi connectivity index (χ0n) is 15.1. The van der Waals surface area contributed by atoms with Crippen LogP contribution < -0.4 is 25.3 Å². The molecule has 0 bridgehead atoms. The highest BCUT2D eigenvalue weighted by molar-refractivity contribution is 14.0. The third-order valence-corrected chi connectivity index (χ3v) is 4.06. The lowest BCUT2D eigenvalue weighted by atomic mass is 10.1. The van der Waals surface area contributed by atoms with Crippen molar-refractivity contribution in [1.29, 1.82) is 0 Å². The van der Waals surface area contributed by atoms with E-state index in [1.807, 2.05) is 36.4 Å². The van der Waals surface area contributed by atoms with Gasteiger partial charge in [0.25, 0.3) is 0 Å². The van der Waals surface area contributed by atoms with Gasteiger partial charge in [-0.15, -0.1) is 24.0 Å². The number of nitrogens with zero attached hydrogens (tertiary/aromatic N) is 1. The van der Waals surface area contributed by atoms with Crippen LogP contribution in [0.25, 0.3) is 0 Å². The fourth-order valence-corrected chi connectivity index (χ4v) is 2.85. The van der Waals surface area contributed by atoms with Crippen molar-refractivity contribution < 1.29 is 14.2 Å². The lowest BCUT2D eigenvalue weighted by molar-refractivity contribution is 0.254. The van der Waals surface area contributed by atoms with Gasteiger partial charge in [-0.1, -0.05) is 6.07 Å². The molecular formula is C19H24IN3O3. The van der Waals surface area contributed by atoms with E-state index in [2.05, 4.69) is 17.2 Å². The minimum atomic E-state index is 0. The monoisotopic (exact) mass is 469 g/mol. The molecule has 0 saturated carbocycles. The highest BCUT2D eigenvalue weighted by atomic mass is 127. The number of halogens is 1. The van der Waals surface area contributed by atoms with Gasteiger partial charge in [-0.3, -0.25) is 0 Å². The Balaban J connectivity index is 0.00000243. The molecular weight excluding hydrogens is 445 g/mol. The Kier molecular flexibility index (Phi) is 6.96. The van der Waals surface area contributed by atoms with Gasteiger partial charge in [0.1, 0.15) is 23.4 Å². The summed E-state index contributed by atoms with van der Waals surface area (Å²) in [6.07, 6.45) is 1.09. The van der Waals surface area contributed by atoms with Crippen LogP contribution in [-0.4, -0.2) is 26.3 Å². The second-order valence-corrected chi connectivity index (χ2v) is 5.96. The highest BCUT2D eigenvalue weighted by Crippen LogP contribution is 2.35. The number of nitrogens with one attached hydrogen (secondary N) is 1. The van der Waals surface area contributed by atoms with E-state index in [1.54, 1.807) is 14.2 Å². The summed E-state index contributed by atoms with van der Waals surface area (Å²) >= 11 is 0. The maximum Gasteiger partial charge on any atom is 0.193 e. The van der Waals surface area contributed by atoms with Crippen LogP contribution in [0.1, 0.15) is 18.1 Å². The number of ether oxygens (including phenoxy) is 3. The van der Waals surface area contributed by atoms with Crippen LogP contribution in [0, 0.1) is 0 Å². The predicted octanol–water partition coefficient (Wildman–Crippen LogP) is 3.57. The molecule has 1 aliphatic rings. The van der Waals surface area contributed by atoms with Crippen molar-refractivity contribution in [3.63, 3.8) is 0 Å². The highest BCUT2D eigenvalue weighted by Gasteiger charge is 2.21. The zero-order chi connectivity index (χ0) is 17.8. The Morgan fingerprint density at radius 1 is 1.27 bits per heavy atom. The molecule has 1 heterocycles. The predicted molar refractivity (Wildman–Crippen MR) is 114 cm³/mol. The molecule has 0 fully saturated rings. The number of rotatable bonds is 5. The lowest BCUT2D eigenvalue weighted by Gasteiger charge is -2.11. The van der Waals surface area contributed by atoms with E-state index in [-0.39, 0.29) is 30.1 Å². The molecule has 1 unspecified atom stereocenters. The average Bonchev–Trinajstić information content (AvgIpc) is 2.98. The van der Waals surface area contributed by atoms with Gasteiger partial charge >= 0.3 is 0 Å². The summed E-state index contributed by atoms with van der Waals surface area (Å²) in [5, 5.41) is 3.06. The molecule has 0 amide bonds. The first kappa shape index (κ1) is 20.2. The molecule has 0 aliphatic carbocycles. The molecule has 0 spiro atoms. The second-order valence-electron chi connectivity index (χ2n) is 5.96. The Bertz CT molecular complexity index is 796. The Morgan fingerprint density at radius 2 is 2.08 bits per heavy atom. The van der Waals surface area contributed by atoms with E-state index in [9.17, 15) is 0 Å². The van der Waals surface area contributed by atoms with Gasteiger partial charge in [0, 0.05) is 29.3 Å². The average molecular weight is 469 g/mol. The van der Waals surface area contributed by atoms with Crippen molar-refractivity contribution in [2.75, 3.05) is 19.5 Å². The number of benzene rings is 2. The molecule has 1 aliphatic heterocycles. The van der Waals surface area contributed by atoms with Gasteiger partial charge in [0.05, 0.1) is 20.8 Å². The number of methoxy groups -OCH3 is 2. The van der Waals surface area contributed by atoms with E-state index < -0.39 is 0 Å². The fourth-order valence-electron chi connectivity index (χ4n) is 2.85. The van der Waals surface area contributed by atoms with E-state index in [0.717, 1.165) is 34.9 Å². The normalized spacial score (nSPS) is 15.5.